The number of ether oxygens (including phenoxy) is 1. The van der Waals surface area contributed by atoms with E-state index in [1.165, 1.54) is 25.5 Å². The summed E-state index contributed by atoms with van der Waals surface area (Å²) in [6.07, 6.45) is 17.8. The second-order valence-electron chi connectivity index (χ2n) is 7.51. The third-order valence-corrected chi connectivity index (χ3v) is 5.54. The molecule has 0 aromatic rings. The molecular formula is C22H34O3. The monoisotopic (exact) mass is 346 g/mol. The summed E-state index contributed by atoms with van der Waals surface area (Å²) >= 11 is 0. The maximum Gasteiger partial charge on any atom is 0.0983 e. The van der Waals surface area contributed by atoms with E-state index in [0.717, 1.165) is 55.1 Å². The summed E-state index contributed by atoms with van der Waals surface area (Å²) in [4.78, 5) is 0. The number of aliphatic hydroxyl groups is 2. The Balaban J connectivity index is 1.68. The highest BCUT2D eigenvalue weighted by Gasteiger charge is 2.46. The van der Waals surface area contributed by atoms with Crippen molar-refractivity contribution in [2.24, 2.45) is 17.8 Å². The van der Waals surface area contributed by atoms with E-state index in [1.807, 2.05) is 18.2 Å². The van der Waals surface area contributed by atoms with Gasteiger partial charge in [0, 0.05) is 6.61 Å². The minimum Gasteiger partial charge on any atom is -0.515 e. The molecule has 2 fully saturated rings. The van der Waals surface area contributed by atoms with Crippen molar-refractivity contribution in [3.63, 3.8) is 0 Å². The van der Waals surface area contributed by atoms with E-state index in [1.54, 1.807) is 6.26 Å². The zero-order chi connectivity index (χ0) is 18.1. The van der Waals surface area contributed by atoms with Gasteiger partial charge in [-0.05, 0) is 79.9 Å². The molecule has 2 rings (SSSR count). The Kier molecular flexibility index (Phi) is 8.33. The van der Waals surface area contributed by atoms with E-state index in [9.17, 15) is 5.11 Å². The Bertz CT molecular complexity index is 493. The molecule has 2 saturated carbocycles. The van der Waals surface area contributed by atoms with Crippen LogP contribution >= 0.6 is 0 Å². The summed E-state index contributed by atoms with van der Waals surface area (Å²) < 4.78 is 5.80. The van der Waals surface area contributed by atoms with Gasteiger partial charge in [0.05, 0.1) is 18.6 Å². The van der Waals surface area contributed by atoms with Gasteiger partial charge in [0.2, 0.25) is 0 Å². The first-order valence-electron chi connectivity index (χ1n) is 9.79. The molecule has 3 atom stereocenters. The summed E-state index contributed by atoms with van der Waals surface area (Å²) in [6, 6.07) is 0. The zero-order valence-electron chi connectivity index (χ0n) is 15.6. The third-order valence-electron chi connectivity index (χ3n) is 5.54. The van der Waals surface area contributed by atoms with Gasteiger partial charge < -0.3 is 14.9 Å². The Labute approximate surface area is 152 Å². The quantitative estimate of drug-likeness (QED) is 0.281. The number of hydrogen-bond acceptors (Lipinski definition) is 3. The Morgan fingerprint density at radius 1 is 1.20 bits per heavy atom. The smallest absolute Gasteiger partial charge is 0.0983 e. The number of aliphatic hydroxyl groups excluding tert-OH is 2. The van der Waals surface area contributed by atoms with Crippen LogP contribution in [-0.4, -0.2) is 22.9 Å². The predicted molar refractivity (Wildman–Crippen MR) is 103 cm³/mol. The summed E-state index contributed by atoms with van der Waals surface area (Å²) in [5, 5.41) is 18.4. The molecular weight excluding hydrogens is 312 g/mol. The van der Waals surface area contributed by atoms with Crippen molar-refractivity contribution < 1.29 is 14.9 Å². The van der Waals surface area contributed by atoms with Crippen LogP contribution in [0.2, 0.25) is 0 Å². The summed E-state index contributed by atoms with van der Waals surface area (Å²) in [5.74, 6) is 2.22. The van der Waals surface area contributed by atoms with Crippen LogP contribution in [0, 0.1) is 17.8 Å². The van der Waals surface area contributed by atoms with E-state index in [-0.39, 0.29) is 6.61 Å². The largest absolute Gasteiger partial charge is 0.515 e. The minimum absolute atomic E-state index is 0.237. The Hall–Kier alpha value is -1.48. The van der Waals surface area contributed by atoms with Crippen LogP contribution in [0.25, 0.3) is 0 Å². The lowest BCUT2D eigenvalue weighted by atomic mass is 9.91. The Morgan fingerprint density at radius 3 is 2.60 bits per heavy atom. The molecule has 0 spiro atoms. The number of unbranched alkanes of at least 4 members (excludes halogenated alkanes) is 1. The summed E-state index contributed by atoms with van der Waals surface area (Å²) in [7, 11) is 0. The van der Waals surface area contributed by atoms with E-state index in [4.69, 9.17) is 9.84 Å². The molecule has 2 aliphatic rings. The topological polar surface area (TPSA) is 49.7 Å². The van der Waals surface area contributed by atoms with Crippen LogP contribution in [0.1, 0.15) is 58.3 Å². The average molecular weight is 347 g/mol. The van der Waals surface area contributed by atoms with Crippen molar-refractivity contribution in [3.8, 4) is 0 Å². The first-order chi connectivity index (χ1) is 12.2. The van der Waals surface area contributed by atoms with Gasteiger partial charge in [-0.15, -0.1) is 0 Å². The van der Waals surface area contributed by atoms with E-state index in [0.29, 0.717) is 12.0 Å². The lowest BCUT2D eigenvalue weighted by Crippen LogP contribution is -2.05. The molecule has 25 heavy (non-hydrogen) atoms. The zero-order valence-corrected chi connectivity index (χ0v) is 15.6. The van der Waals surface area contributed by atoms with Gasteiger partial charge in [-0.3, -0.25) is 0 Å². The molecule has 2 N–H and O–H groups in total. The lowest BCUT2D eigenvalue weighted by Gasteiger charge is -2.15. The highest BCUT2D eigenvalue weighted by molar-refractivity contribution is 5.23. The van der Waals surface area contributed by atoms with Gasteiger partial charge in [-0.2, -0.15) is 0 Å². The average Bonchev–Trinajstić information content (AvgIpc) is 3.22. The maximum absolute atomic E-state index is 9.52. The van der Waals surface area contributed by atoms with Crippen molar-refractivity contribution in [2.75, 3.05) is 6.61 Å². The number of hydrogen-bond donors (Lipinski definition) is 2. The summed E-state index contributed by atoms with van der Waals surface area (Å²) in [5.41, 5.74) is 1.96. The number of allylic oxidation sites excluding steroid dienone is 5. The second-order valence-corrected chi connectivity index (χ2v) is 7.51. The third kappa shape index (κ3) is 6.74. The van der Waals surface area contributed by atoms with Crippen LogP contribution in [0.5, 0.6) is 0 Å². The second kappa shape index (κ2) is 10.5. The molecule has 0 amide bonds. The van der Waals surface area contributed by atoms with Gasteiger partial charge in [0.1, 0.15) is 0 Å². The predicted octanol–water partition coefficient (Wildman–Crippen LogP) is 5.45. The van der Waals surface area contributed by atoms with Crippen LogP contribution in [0.3, 0.4) is 0 Å². The highest BCUT2D eigenvalue weighted by Crippen LogP contribution is 2.52. The molecule has 0 bridgehead atoms. The van der Waals surface area contributed by atoms with Crippen LogP contribution < -0.4 is 0 Å². The molecule has 3 unspecified atom stereocenters. The van der Waals surface area contributed by atoms with E-state index >= 15 is 0 Å². The van der Waals surface area contributed by atoms with Gasteiger partial charge in [-0.1, -0.05) is 32.1 Å². The number of rotatable bonds is 12. The van der Waals surface area contributed by atoms with Gasteiger partial charge in [0.15, 0.2) is 0 Å². The fraction of sp³-hybridized carbons (Fsp3) is 0.636. The molecule has 0 heterocycles. The maximum atomic E-state index is 9.52. The lowest BCUT2D eigenvalue weighted by molar-refractivity contribution is 0.138. The van der Waals surface area contributed by atoms with Crippen molar-refractivity contribution in [3.05, 3.63) is 48.5 Å². The first kappa shape index (κ1) is 19.8. The van der Waals surface area contributed by atoms with E-state index in [2.05, 4.69) is 13.5 Å². The molecule has 0 saturated heterocycles. The SMILES string of the molecule is C=C(/C=C\OC1CC2CC2C1)C/C=C/C(=C\O)C(CC)CCCCO. The molecule has 0 radical (unpaired) electrons. The molecule has 3 nitrogen and oxygen atoms in total. The first-order valence-corrected chi connectivity index (χ1v) is 9.79. The van der Waals surface area contributed by atoms with E-state index < -0.39 is 0 Å². The minimum atomic E-state index is 0.237. The molecule has 0 aromatic carbocycles. The Morgan fingerprint density at radius 2 is 1.96 bits per heavy atom. The fourth-order valence-electron chi connectivity index (χ4n) is 3.82. The standard InChI is InChI=1S/C22H34O3/c1-3-18(8-4-5-11-23)19(16-24)9-6-7-17(2)10-12-25-22-14-20-13-21(20)15-22/h6,9-10,12,16,18,20-24H,2-5,7-8,11,13-15H2,1H3/b9-6+,12-10-,19-16+. The molecule has 0 aliphatic heterocycles. The van der Waals surface area contributed by atoms with Crippen LogP contribution in [-0.2, 0) is 4.74 Å². The van der Waals surface area contributed by atoms with Crippen molar-refractivity contribution in [1.29, 1.82) is 0 Å². The van der Waals surface area contributed by atoms with Crippen molar-refractivity contribution in [1.82, 2.24) is 0 Å². The summed E-state index contributed by atoms with van der Waals surface area (Å²) in [6.45, 7) is 6.43. The van der Waals surface area contributed by atoms with Gasteiger partial charge in [-0.25, -0.2) is 0 Å². The number of fused-ring (bicyclic) bond motifs is 1. The van der Waals surface area contributed by atoms with Gasteiger partial charge >= 0.3 is 0 Å². The van der Waals surface area contributed by atoms with Crippen LogP contribution in [0.4, 0.5) is 0 Å². The molecule has 2 aliphatic carbocycles. The van der Waals surface area contributed by atoms with Crippen molar-refractivity contribution in [2.45, 2.75) is 64.4 Å². The molecule has 0 aromatic heterocycles. The molecule has 140 valence electrons. The molecule has 3 heteroatoms. The fourth-order valence-corrected chi connectivity index (χ4v) is 3.82. The van der Waals surface area contributed by atoms with Crippen molar-refractivity contribution >= 4 is 0 Å². The van der Waals surface area contributed by atoms with Crippen LogP contribution in [0.15, 0.2) is 48.5 Å². The normalized spacial score (nSPS) is 27.0. The van der Waals surface area contributed by atoms with Gasteiger partial charge in [0.25, 0.3) is 0 Å². The highest BCUT2D eigenvalue weighted by atomic mass is 16.5.